The van der Waals surface area contributed by atoms with E-state index >= 15 is 0 Å². The molecule has 0 radical (unpaired) electrons. The number of benzene rings is 1. The van der Waals surface area contributed by atoms with Gasteiger partial charge < -0.3 is 4.84 Å². The van der Waals surface area contributed by atoms with E-state index in [1.54, 1.807) is 29.5 Å². The van der Waals surface area contributed by atoms with Gasteiger partial charge in [0.15, 0.2) is 0 Å². The number of rotatable bonds is 3. The number of fused-ring (bicyclic) bond motifs is 1. The van der Waals surface area contributed by atoms with E-state index < -0.39 is 17.8 Å². The molecular weight excluding hydrogens is 346 g/mol. The van der Waals surface area contributed by atoms with Crippen LogP contribution in [0.5, 0.6) is 0 Å². The number of imide groups is 1. The van der Waals surface area contributed by atoms with Gasteiger partial charge in [0, 0.05) is 9.75 Å². The number of amides is 2. The van der Waals surface area contributed by atoms with Gasteiger partial charge in [-0.3, -0.25) is 9.59 Å². The Balaban J connectivity index is 1.55. The van der Waals surface area contributed by atoms with Gasteiger partial charge in [-0.1, -0.05) is 23.3 Å². The van der Waals surface area contributed by atoms with Crippen LogP contribution in [0.3, 0.4) is 0 Å². The second-order valence-corrected chi connectivity index (χ2v) is 7.00. The summed E-state index contributed by atoms with van der Waals surface area (Å²) in [6.45, 7) is 0. The second kappa shape index (κ2) is 5.70. The van der Waals surface area contributed by atoms with Gasteiger partial charge in [-0.15, -0.1) is 22.7 Å². The molecule has 4 rings (SSSR count). The number of hydrogen-bond acceptors (Lipinski definition) is 6. The van der Waals surface area contributed by atoms with Crippen molar-refractivity contribution in [2.45, 2.75) is 0 Å². The highest BCUT2D eigenvalue weighted by molar-refractivity contribution is 7.22. The minimum atomic E-state index is -0.725. The maximum atomic E-state index is 12.3. The van der Waals surface area contributed by atoms with Crippen molar-refractivity contribution in [3.05, 3.63) is 69.9 Å². The first-order chi connectivity index (χ1) is 11.6. The van der Waals surface area contributed by atoms with Gasteiger partial charge in [-0.05, 0) is 35.7 Å². The van der Waals surface area contributed by atoms with Gasteiger partial charge >= 0.3 is 5.97 Å². The first kappa shape index (κ1) is 14.8. The number of nitrogens with zero attached hydrogens (tertiary/aromatic N) is 1. The molecule has 0 N–H and O–H groups in total. The molecule has 24 heavy (non-hydrogen) atoms. The van der Waals surface area contributed by atoms with Gasteiger partial charge in [0.05, 0.1) is 11.1 Å². The summed E-state index contributed by atoms with van der Waals surface area (Å²) in [5.41, 5.74) is 0.474. The smallest absolute Gasteiger partial charge is 0.323 e. The van der Waals surface area contributed by atoms with E-state index in [1.807, 2.05) is 23.6 Å². The molecule has 3 aromatic rings. The van der Waals surface area contributed by atoms with E-state index in [-0.39, 0.29) is 11.1 Å². The van der Waals surface area contributed by atoms with Gasteiger partial charge in [-0.25, -0.2) is 4.79 Å². The van der Waals surface area contributed by atoms with Crippen LogP contribution in [0.4, 0.5) is 0 Å². The molecular formula is C17H9NO4S2. The third-order valence-corrected chi connectivity index (χ3v) is 5.63. The summed E-state index contributed by atoms with van der Waals surface area (Å²) in [5.74, 6) is -1.98. The standard InChI is InChI=1S/C17H9NO4S2/c19-15-10-4-1-2-5-11(10)16(20)18(15)22-17(21)14-8-7-13(24-14)12-6-3-9-23-12/h1-9H. The SMILES string of the molecule is O=C(ON1C(=O)c2ccccc2C1=O)c1ccc(-c2cccs2)s1. The zero-order valence-corrected chi connectivity index (χ0v) is 13.7. The lowest BCUT2D eigenvalue weighted by Gasteiger charge is -2.11. The Hall–Kier alpha value is -2.77. The molecule has 0 unspecified atom stereocenters. The van der Waals surface area contributed by atoms with Crippen molar-refractivity contribution >= 4 is 40.5 Å². The Morgan fingerprint density at radius 3 is 2.21 bits per heavy atom. The Labute approximate surface area is 144 Å². The van der Waals surface area contributed by atoms with E-state index in [1.165, 1.54) is 23.5 Å². The molecule has 1 aromatic carbocycles. The van der Waals surface area contributed by atoms with Crippen molar-refractivity contribution in [2.75, 3.05) is 0 Å². The molecule has 0 fully saturated rings. The lowest BCUT2D eigenvalue weighted by molar-refractivity contribution is -0.0581. The highest BCUT2D eigenvalue weighted by Gasteiger charge is 2.38. The first-order valence-electron chi connectivity index (χ1n) is 6.99. The predicted molar refractivity (Wildman–Crippen MR) is 90.0 cm³/mol. The number of carbonyl (C=O) groups excluding carboxylic acids is 3. The van der Waals surface area contributed by atoms with Gasteiger partial charge in [0.1, 0.15) is 4.88 Å². The average molecular weight is 355 g/mol. The van der Waals surface area contributed by atoms with Crippen LogP contribution in [0.2, 0.25) is 0 Å². The van der Waals surface area contributed by atoms with E-state index in [0.29, 0.717) is 9.94 Å². The fourth-order valence-corrected chi connectivity index (χ4v) is 4.09. The molecule has 118 valence electrons. The van der Waals surface area contributed by atoms with Crippen LogP contribution in [0, 0.1) is 0 Å². The van der Waals surface area contributed by atoms with E-state index in [2.05, 4.69) is 0 Å². The van der Waals surface area contributed by atoms with Crippen LogP contribution in [-0.2, 0) is 4.84 Å². The first-order valence-corrected chi connectivity index (χ1v) is 8.68. The molecule has 3 heterocycles. The summed E-state index contributed by atoms with van der Waals surface area (Å²) in [7, 11) is 0. The Morgan fingerprint density at radius 1 is 0.875 bits per heavy atom. The van der Waals surface area contributed by atoms with Gasteiger partial charge in [-0.2, -0.15) is 0 Å². The minimum Gasteiger partial charge on any atom is -0.323 e. The Kier molecular flexibility index (Phi) is 3.51. The van der Waals surface area contributed by atoms with Crippen LogP contribution < -0.4 is 0 Å². The molecule has 0 spiro atoms. The average Bonchev–Trinajstić information content (AvgIpc) is 3.32. The second-order valence-electron chi connectivity index (χ2n) is 4.97. The maximum Gasteiger partial charge on any atom is 0.373 e. The molecule has 2 amide bonds. The number of carbonyl (C=O) groups is 3. The monoisotopic (exact) mass is 355 g/mol. The molecule has 0 bridgehead atoms. The molecule has 0 atom stereocenters. The van der Waals surface area contributed by atoms with Crippen molar-refractivity contribution in [1.29, 1.82) is 0 Å². The number of hydroxylamine groups is 2. The third-order valence-electron chi connectivity index (χ3n) is 3.50. The van der Waals surface area contributed by atoms with E-state index in [9.17, 15) is 14.4 Å². The van der Waals surface area contributed by atoms with Crippen LogP contribution in [-0.4, -0.2) is 22.8 Å². The van der Waals surface area contributed by atoms with Gasteiger partial charge in [0.2, 0.25) is 0 Å². The fourth-order valence-electron chi connectivity index (χ4n) is 2.38. The van der Waals surface area contributed by atoms with Crippen LogP contribution >= 0.6 is 22.7 Å². The van der Waals surface area contributed by atoms with Crippen LogP contribution in [0.15, 0.2) is 53.9 Å². The molecule has 5 nitrogen and oxygen atoms in total. The molecule has 2 aromatic heterocycles. The quantitative estimate of drug-likeness (QED) is 0.670. The summed E-state index contributed by atoms with van der Waals surface area (Å²) in [5, 5.41) is 2.48. The van der Waals surface area contributed by atoms with Crippen molar-refractivity contribution in [1.82, 2.24) is 5.06 Å². The topological polar surface area (TPSA) is 63.7 Å². The molecule has 1 aliphatic heterocycles. The minimum absolute atomic E-state index is 0.237. The van der Waals surface area contributed by atoms with E-state index in [0.717, 1.165) is 9.75 Å². The largest absolute Gasteiger partial charge is 0.373 e. The normalized spacial score (nSPS) is 13.2. The lowest BCUT2D eigenvalue weighted by atomic mass is 10.1. The molecule has 0 aliphatic carbocycles. The lowest BCUT2D eigenvalue weighted by Crippen LogP contribution is -2.32. The highest BCUT2D eigenvalue weighted by Crippen LogP contribution is 2.32. The highest BCUT2D eigenvalue weighted by atomic mass is 32.1. The van der Waals surface area contributed by atoms with Crippen molar-refractivity contribution < 1.29 is 19.2 Å². The fraction of sp³-hybridized carbons (Fsp3) is 0. The third kappa shape index (κ3) is 2.34. The van der Waals surface area contributed by atoms with Gasteiger partial charge in [0.25, 0.3) is 11.8 Å². The zero-order chi connectivity index (χ0) is 16.7. The van der Waals surface area contributed by atoms with Crippen LogP contribution in [0.25, 0.3) is 9.75 Å². The summed E-state index contributed by atoms with van der Waals surface area (Å²) in [6.07, 6.45) is 0. The molecule has 7 heteroatoms. The molecule has 1 aliphatic rings. The molecule has 0 saturated carbocycles. The maximum absolute atomic E-state index is 12.3. The summed E-state index contributed by atoms with van der Waals surface area (Å²) in [6, 6.07) is 13.7. The van der Waals surface area contributed by atoms with Crippen molar-refractivity contribution in [3.63, 3.8) is 0 Å². The number of thiophene rings is 2. The predicted octanol–water partition coefficient (Wildman–Crippen LogP) is 3.84. The Morgan fingerprint density at radius 2 is 1.58 bits per heavy atom. The Bertz CT molecular complexity index is 924. The van der Waals surface area contributed by atoms with Crippen molar-refractivity contribution in [2.24, 2.45) is 0 Å². The summed E-state index contributed by atoms with van der Waals surface area (Å²) in [4.78, 5) is 44.0. The molecule has 0 saturated heterocycles. The van der Waals surface area contributed by atoms with E-state index in [4.69, 9.17) is 4.84 Å². The number of hydrogen-bond donors (Lipinski definition) is 0. The van der Waals surface area contributed by atoms with Crippen LogP contribution in [0.1, 0.15) is 30.4 Å². The zero-order valence-electron chi connectivity index (χ0n) is 12.1. The van der Waals surface area contributed by atoms with Crippen molar-refractivity contribution in [3.8, 4) is 9.75 Å². The summed E-state index contributed by atoms with van der Waals surface area (Å²) >= 11 is 2.82. The summed E-state index contributed by atoms with van der Waals surface area (Å²) < 4.78 is 0.